The van der Waals surface area contributed by atoms with Crippen molar-refractivity contribution in [3.05, 3.63) is 18.3 Å². The molecule has 0 aromatic carbocycles. The topological polar surface area (TPSA) is 56.0 Å². The fraction of sp³-hybridized carbons (Fsp3) is 0.167. The van der Waals surface area contributed by atoms with Crippen molar-refractivity contribution < 1.29 is 17.4 Å². The molecule has 0 amide bonds. The van der Waals surface area contributed by atoms with E-state index in [0.717, 1.165) is 6.07 Å². The number of aromatic nitrogens is 1. The van der Waals surface area contributed by atoms with E-state index < -0.39 is 21.2 Å². The number of alkyl halides is 3. The van der Waals surface area contributed by atoms with Crippen molar-refractivity contribution in [3.63, 3.8) is 0 Å². The fourth-order valence-electron chi connectivity index (χ4n) is 0.684. The number of pyridine rings is 1. The zero-order valence-corrected chi connectivity index (χ0v) is 7.02. The van der Waals surface area contributed by atoms with Crippen LogP contribution in [-0.4, -0.2) is 14.7 Å². The Morgan fingerprint density at radius 1 is 1.46 bits per heavy atom. The molecular formula is C6H5F3N2OS. The van der Waals surface area contributed by atoms with Crippen molar-refractivity contribution >= 4 is 16.6 Å². The van der Waals surface area contributed by atoms with E-state index in [0.29, 0.717) is 0 Å². The molecule has 1 heterocycles. The molecule has 1 atom stereocenters. The molecular weight excluding hydrogens is 205 g/mol. The molecule has 1 rings (SSSR count). The van der Waals surface area contributed by atoms with E-state index in [1.165, 1.54) is 12.3 Å². The summed E-state index contributed by atoms with van der Waals surface area (Å²) in [4.78, 5) is 2.89. The minimum atomic E-state index is -4.79. The maximum absolute atomic E-state index is 11.9. The standard InChI is InChI=1S/C6H5F3N2OS/c7-6(8,9)13(12)4-2-1-3-11-5(4)10/h1-3H,(H2,10,11). The summed E-state index contributed by atoms with van der Waals surface area (Å²) >= 11 is 0. The molecule has 3 nitrogen and oxygen atoms in total. The Hall–Kier alpha value is -1.11. The summed E-state index contributed by atoms with van der Waals surface area (Å²) in [5, 5.41) is 0. The second-order valence-electron chi connectivity index (χ2n) is 2.10. The van der Waals surface area contributed by atoms with Crippen molar-refractivity contribution in [2.45, 2.75) is 10.4 Å². The smallest absolute Gasteiger partial charge is 0.383 e. The number of halogens is 3. The normalized spacial score (nSPS) is 14.1. The lowest BCUT2D eigenvalue weighted by atomic mass is 10.5. The number of rotatable bonds is 1. The van der Waals surface area contributed by atoms with Crippen LogP contribution in [0.15, 0.2) is 23.2 Å². The van der Waals surface area contributed by atoms with Gasteiger partial charge in [-0.2, -0.15) is 13.2 Å². The summed E-state index contributed by atoms with van der Waals surface area (Å²) in [6.07, 6.45) is 1.23. The van der Waals surface area contributed by atoms with Gasteiger partial charge in [0.2, 0.25) is 0 Å². The van der Waals surface area contributed by atoms with Crippen LogP contribution in [0.2, 0.25) is 0 Å². The van der Waals surface area contributed by atoms with Crippen LogP contribution in [0.3, 0.4) is 0 Å². The van der Waals surface area contributed by atoms with Gasteiger partial charge in [0.25, 0.3) is 0 Å². The Labute approximate surface area is 74.2 Å². The predicted octanol–water partition coefficient (Wildman–Crippen LogP) is 1.29. The van der Waals surface area contributed by atoms with Crippen LogP contribution in [0.1, 0.15) is 0 Å². The predicted molar refractivity (Wildman–Crippen MR) is 41.1 cm³/mol. The van der Waals surface area contributed by atoms with Gasteiger partial charge in [0.05, 0.1) is 4.90 Å². The number of nitrogens with zero attached hydrogens (tertiary/aromatic N) is 1. The van der Waals surface area contributed by atoms with Gasteiger partial charge in [-0.3, -0.25) is 0 Å². The summed E-state index contributed by atoms with van der Waals surface area (Å²) in [5.41, 5.74) is 0.319. The Morgan fingerprint density at radius 3 is 2.54 bits per heavy atom. The zero-order valence-electron chi connectivity index (χ0n) is 6.21. The Bertz CT molecular complexity index is 339. The lowest BCUT2D eigenvalue weighted by Crippen LogP contribution is -2.17. The van der Waals surface area contributed by atoms with Crippen molar-refractivity contribution in [2.24, 2.45) is 0 Å². The van der Waals surface area contributed by atoms with Gasteiger partial charge in [0, 0.05) is 6.20 Å². The Morgan fingerprint density at radius 2 is 2.08 bits per heavy atom. The van der Waals surface area contributed by atoms with Crippen molar-refractivity contribution in [3.8, 4) is 0 Å². The van der Waals surface area contributed by atoms with Crippen LogP contribution in [0.4, 0.5) is 19.0 Å². The highest BCUT2D eigenvalue weighted by atomic mass is 32.2. The molecule has 0 saturated heterocycles. The lowest BCUT2D eigenvalue weighted by molar-refractivity contribution is -0.0384. The third-order valence-electron chi connectivity index (χ3n) is 1.21. The van der Waals surface area contributed by atoms with Gasteiger partial charge >= 0.3 is 5.51 Å². The van der Waals surface area contributed by atoms with Gasteiger partial charge in [0.15, 0.2) is 10.8 Å². The highest BCUT2D eigenvalue weighted by molar-refractivity contribution is 7.86. The molecule has 1 aromatic rings. The first kappa shape index (κ1) is 9.97. The summed E-state index contributed by atoms with van der Waals surface area (Å²) in [5.74, 6) is -0.363. The van der Waals surface area contributed by atoms with E-state index in [4.69, 9.17) is 5.73 Å². The van der Waals surface area contributed by atoms with E-state index in [1.54, 1.807) is 0 Å². The molecule has 0 aliphatic heterocycles. The average Bonchev–Trinajstić information content (AvgIpc) is 2.02. The average molecular weight is 210 g/mol. The van der Waals surface area contributed by atoms with Gasteiger partial charge in [-0.05, 0) is 12.1 Å². The Balaban J connectivity index is 3.10. The maximum atomic E-state index is 11.9. The van der Waals surface area contributed by atoms with E-state index in [-0.39, 0.29) is 5.82 Å². The molecule has 0 radical (unpaired) electrons. The van der Waals surface area contributed by atoms with Crippen LogP contribution in [0.25, 0.3) is 0 Å². The van der Waals surface area contributed by atoms with Gasteiger partial charge in [-0.25, -0.2) is 9.19 Å². The van der Waals surface area contributed by atoms with Gasteiger partial charge in [0.1, 0.15) is 5.82 Å². The van der Waals surface area contributed by atoms with Crippen molar-refractivity contribution in [1.82, 2.24) is 4.98 Å². The third kappa shape index (κ3) is 2.18. The van der Waals surface area contributed by atoms with E-state index in [2.05, 4.69) is 4.98 Å². The first-order chi connectivity index (χ1) is 5.93. The van der Waals surface area contributed by atoms with Crippen molar-refractivity contribution in [2.75, 3.05) is 5.73 Å². The molecule has 0 saturated carbocycles. The SMILES string of the molecule is Nc1ncccc1S(=O)C(F)(F)F. The van der Waals surface area contributed by atoms with E-state index >= 15 is 0 Å². The number of anilines is 1. The van der Waals surface area contributed by atoms with Crippen LogP contribution in [0.5, 0.6) is 0 Å². The summed E-state index contributed by atoms with van der Waals surface area (Å²) < 4.78 is 46.5. The van der Waals surface area contributed by atoms with Crippen molar-refractivity contribution in [1.29, 1.82) is 0 Å². The first-order valence-corrected chi connectivity index (χ1v) is 4.27. The molecule has 2 N–H and O–H groups in total. The summed E-state index contributed by atoms with van der Waals surface area (Å²) in [6.45, 7) is 0. The van der Waals surface area contributed by atoms with Crippen LogP contribution in [-0.2, 0) is 10.8 Å². The molecule has 0 spiro atoms. The monoisotopic (exact) mass is 210 g/mol. The molecule has 0 fully saturated rings. The van der Waals surface area contributed by atoms with E-state index in [1.807, 2.05) is 0 Å². The fourth-order valence-corrected chi connectivity index (χ4v) is 1.38. The third-order valence-corrected chi connectivity index (χ3v) is 2.37. The number of nitrogen functional groups attached to an aromatic ring is 1. The number of nitrogens with two attached hydrogens (primary N) is 1. The first-order valence-electron chi connectivity index (χ1n) is 3.12. The highest BCUT2D eigenvalue weighted by Crippen LogP contribution is 2.28. The van der Waals surface area contributed by atoms with Gasteiger partial charge < -0.3 is 5.73 Å². The second-order valence-corrected chi connectivity index (χ2v) is 3.54. The van der Waals surface area contributed by atoms with Gasteiger partial charge in [-0.1, -0.05) is 0 Å². The quantitative estimate of drug-likeness (QED) is 0.759. The molecule has 1 unspecified atom stereocenters. The summed E-state index contributed by atoms with van der Waals surface area (Å²) in [6, 6.07) is 2.28. The minimum absolute atomic E-state index is 0.363. The maximum Gasteiger partial charge on any atom is 0.475 e. The molecule has 1 aromatic heterocycles. The molecule has 0 aliphatic rings. The van der Waals surface area contributed by atoms with Crippen LogP contribution in [0, 0.1) is 0 Å². The molecule has 0 bridgehead atoms. The molecule has 0 aliphatic carbocycles. The van der Waals surface area contributed by atoms with Crippen LogP contribution < -0.4 is 5.73 Å². The summed E-state index contributed by atoms with van der Waals surface area (Å²) in [7, 11) is -3.10. The zero-order chi connectivity index (χ0) is 10.1. The molecule has 72 valence electrons. The largest absolute Gasteiger partial charge is 0.475 e. The van der Waals surface area contributed by atoms with E-state index in [9.17, 15) is 17.4 Å². The number of hydrogen-bond donors (Lipinski definition) is 1. The molecule has 7 heteroatoms. The molecule has 13 heavy (non-hydrogen) atoms. The lowest BCUT2D eigenvalue weighted by Gasteiger charge is -2.06. The Kier molecular flexibility index (Phi) is 2.55. The second kappa shape index (κ2) is 3.33. The highest BCUT2D eigenvalue weighted by Gasteiger charge is 2.39. The van der Waals surface area contributed by atoms with Gasteiger partial charge in [-0.15, -0.1) is 0 Å². The van der Waals surface area contributed by atoms with Crippen LogP contribution >= 0.6 is 0 Å². The number of hydrogen-bond acceptors (Lipinski definition) is 3. The minimum Gasteiger partial charge on any atom is -0.383 e.